The van der Waals surface area contributed by atoms with E-state index in [0.29, 0.717) is 17.9 Å². The van der Waals surface area contributed by atoms with E-state index in [1.807, 2.05) is 0 Å². The van der Waals surface area contributed by atoms with E-state index in [1.165, 1.54) is 23.2 Å². The van der Waals surface area contributed by atoms with Crippen LogP contribution in [0.5, 0.6) is 5.75 Å². The number of benzene rings is 1. The van der Waals surface area contributed by atoms with Crippen LogP contribution in [0.4, 0.5) is 8.78 Å². The molecule has 0 radical (unpaired) electrons. The minimum atomic E-state index is -2.86. The Hall–Kier alpha value is -3.29. The molecule has 3 rings (SSSR count). The molecule has 0 aliphatic carbocycles. The second-order valence-corrected chi connectivity index (χ2v) is 5.56. The molecule has 8 heteroatoms. The largest absolute Gasteiger partial charge is 0.435 e. The van der Waals surface area contributed by atoms with Gasteiger partial charge in [-0.3, -0.25) is 9.36 Å². The monoisotopic (exact) mass is 358 g/mol. The summed E-state index contributed by atoms with van der Waals surface area (Å²) in [6.45, 7) is -2.53. The summed E-state index contributed by atoms with van der Waals surface area (Å²) < 4.78 is 30.4. The molecular formula is C18H16F2N4O2. The number of rotatable bonds is 6. The summed E-state index contributed by atoms with van der Waals surface area (Å²) in [6, 6.07) is 9.60. The fourth-order valence-corrected chi connectivity index (χ4v) is 2.40. The maximum atomic E-state index is 12.5. The number of carbonyl (C=O) groups is 1. The predicted octanol–water partition coefficient (Wildman–Crippen LogP) is 3.14. The van der Waals surface area contributed by atoms with Gasteiger partial charge in [-0.15, -0.1) is 0 Å². The summed E-state index contributed by atoms with van der Waals surface area (Å²) in [5.74, 6) is 0.552. The van der Waals surface area contributed by atoms with Crippen molar-refractivity contribution < 1.29 is 18.3 Å². The first-order valence-electron chi connectivity index (χ1n) is 7.76. The first-order valence-corrected chi connectivity index (χ1v) is 7.76. The SMILES string of the molecule is CN(Cc1ccc(OC(F)F)cc1)C(=O)c1ccc(-n2ccnc2)nc1. The molecule has 2 heterocycles. The average molecular weight is 358 g/mol. The van der Waals surface area contributed by atoms with Crippen molar-refractivity contribution in [1.82, 2.24) is 19.4 Å². The molecule has 0 fully saturated rings. The number of hydrogen-bond acceptors (Lipinski definition) is 4. The number of halogens is 2. The van der Waals surface area contributed by atoms with Gasteiger partial charge in [0.1, 0.15) is 17.9 Å². The zero-order chi connectivity index (χ0) is 18.5. The van der Waals surface area contributed by atoms with E-state index >= 15 is 0 Å². The Balaban J connectivity index is 1.64. The summed E-state index contributed by atoms with van der Waals surface area (Å²) in [6.07, 6.45) is 6.54. The Morgan fingerprint density at radius 1 is 1.23 bits per heavy atom. The van der Waals surface area contributed by atoms with Crippen LogP contribution in [-0.2, 0) is 6.54 Å². The highest BCUT2D eigenvalue weighted by Gasteiger charge is 2.13. The number of alkyl halides is 2. The van der Waals surface area contributed by atoms with Crippen LogP contribution in [0.3, 0.4) is 0 Å². The molecule has 0 bridgehead atoms. The normalized spacial score (nSPS) is 10.8. The highest BCUT2D eigenvalue weighted by molar-refractivity contribution is 5.93. The molecule has 1 amide bonds. The zero-order valence-electron chi connectivity index (χ0n) is 13.9. The minimum absolute atomic E-state index is 0.0806. The molecule has 0 aliphatic rings. The van der Waals surface area contributed by atoms with Crippen molar-refractivity contribution in [3.63, 3.8) is 0 Å². The number of hydrogen-bond donors (Lipinski definition) is 0. The van der Waals surface area contributed by atoms with Gasteiger partial charge in [-0.05, 0) is 29.8 Å². The zero-order valence-corrected chi connectivity index (χ0v) is 13.9. The molecule has 6 nitrogen and oxygen atoms in total. The standard InChI is InChI=1S/C18H16F2N4O2/c1-23(11-13-2-5-15(6-3-13)26-18(19)20)17(25)14-4-7-16(22-10-14)24-9-8-21-12-24/h2-10,12,18H,11H2,1H3. The minimum Gasteiger partial charge on any atom is -0.435 e. The smallest absolute Gasteiger partial charge is 0.387 e. The van der Waals surface area contributed by atoms with Crippen LogP contribution in [0.1, 0.15) is 15.9 Å². The van der Waals surface area contributed by atoms with Crippen LogP contribution in [0.15, 0.2) is 61.3 Å². The van der Waals surface area contributed by atoms with E-state index < -0.39 is 6.61 Å². The number of carbonyl (C=O) groups excluding carboxylic acids is 1. The molecule has 26 heavy (non-hydrogen) atoms. The highest BCUT2D eigenvalue weighted by atomic mass is 19.3. The van der Waals surface area contributed by atoms with Gasteiger partial charge in [0, 0.05) is 32.2 Å². The molecule has 2 aromatic heterocycles. The van der Waals surface area contributed by atoms with Gasteiger partial charge in [0.05, 0.1) is 5.56 Å². The summed E-state index contributed by atoms with van der Waals surface area (Å²) in [7, 11) is 1.66. The summed E-state index contributed by atoms with van der Waals surface area (Å²) in [5.41, 5.74) is 1.25. The summed E-state index contributed by atoms with van der Waals surface area (Å²) in [4.78, 5) is 22.2. The second-order valence-electron chi connectivity index (χ2n) is 5.56. The number of imidazole rings is 1. The van der Waals surface area contributed by atoms with Gasteiger partial charge in [0.15, 0.2) is 0 Å². The van der Waals surface area contributed by atoms with Crippen LogP contribution >= 0.6 is 0 Å². The molecule has 0 spiro atoms. The van der Waals surface area contributed by atoms with Gasteiger partial charge in [-0.2, -0.15) is 8.78 Å². The lowest BCUT2D eigenvalue weighted by Gasteiger charge is -2.17. The van der Waals surface area contributed by atoms with Crippen molar-refractivity contribution in [2.24, 2.45) is 0 Å². The summed E-state index contributed by atoms with van der Waals surface area (Å²) >= 11 is 0. The number of aromatic nitrogens is 3. The quantitative estimate of drug-likeness (QED) is 0.679. The Labute approximate surface area is 148 Å². The van der Waals surface area contributed by atoms with Crippen LogP contribution in [0, 0.1) is 0 Å². The number of nitrogens with zero attached hydrogens (tertiary/aromatic N) is 4. The van der Waals surface area contributed by atoms with Gasteiger partial charge < -0.3 is 9.64 Å². The molecule has 0 saturated carbocycles. The van der Waals surface area contributed by atoms with Gasteiger partial charge in [0.25, 0.3) is 5.91 Å². The van der Waals surface area contributed by atoms with Gasteiger partial charge in [0.2, 0.25) is 0 Å². The second kappa shape index (κ2) is 7.73. The summed E-state index contributed by atoms with van der Waals surface area (Å²) in [5, 5.41) is 0. The Morgan fingerprint density at radius 2 is 2.00 bits per heavy atom. The molecule has 0 atom stereocenters. The van der Waals surface area contributed by atoms with Crippen molar-refractivity contribution in [3.05, 3.63) is 72.4 Å². The van der Waals surface area contributed by atoms with E-state index in [9.17, 15) is 13.6 Å². The van der Waals surface area contributed by atoms with E-state index in [2.05, 4.69) is 14.7 Å². The molecule has 0 saturated heterocycles. The average Bonchev–Trinajstić information content (AvgIpc) is 3.17. The molecular weight excluding hydrogens is 342 g/mol. The van der Waals surface area contributed by atoms with Gasteiger partial charge in [-0.1, -0.05) is 12.1 Å². The van der Waals surface area contributed by atoms with E-state index in [4.69, 9.17) is 0 Å². The fourth-order valence-electron chi connectivity index (χ4n) is 2.40. The lowest BCUT2D eigenvalue weighted by molar-refractivity contribution is -0.0498. The molecule has 3 aromatic rings. The Kier molecular flexibility index (Phi) is 5.21. The predicted molar refractivity (Wildman–Crippen MR) is 90.2 cm³/mol. The fraction of sp³-hybridized carbons (Fsp3) is 0.167. The third-order valence-electron chi connectivity index (χ3n) is 3.68. The third-order valence-corrected chi connectivity index (χ3v) is 3.68. The van der Waals surface area contributed by atoms with Crippen molar-refractivity contribution in [2.45, 2.75) is 13.2 Å². The van der Waals surface area contributed by atoms with Gasteiger partial charge in [-0.25, -0.2) is 9.97 Å². The highest BCUT2D eigenvalue weighted by Crippen LogP contribution is 2.16. The molecule has 0 unspecified atom stereocenters. The number of ether oxygens (including phenoxy) is 1. The van der Waals surface area contributed by atoms with Crippen molar-refractivity contribution in [3.8, 4) is 11.6 Å². The molecule has 1 aromatic carbocycles. The van der Waals surface area contributed by atoms with Crippen LogP contribution in [0.25, 0.3) is 5.82 Å². The Bertz CT molecular complexity index is 850. The first-order chi connectivity index (χ1) is 12.5. The van der Waals surface area contributed by atoms with Crippen molar-refractivity contribution in [2.75, 3.05) is 7.05 Å². The lowest BCUT2D eigenvalue weighted by atomic mass is 10.2. The maximum Gasteiger partial charge on any atom is 0.387 e. The maximum absolute atomic E-state index is 12.5. The van der Waals surface area contributed by atoms with E-state index in [1.54, 1.807) is 54.6 Å². The number of pyridine rings is 1. The molecule has 0 N–H and O–H groups in total. The Morgan fingerprint density at radius 3 is 2.58 bits per heavy atom. The molecule has 0 aliphatic heterocycles. The van der Waals surface area contributed by atoms with E-state index in [-0.39, 0.29) is 11.7 Å². The van der Waals surface area contributed by atoms with Crippen molar-refractivity contribution in [1.29, 1.82) is 0 Å². The van der Waals surface area contributed by atoms with Crippen molar-refractivity contribution >= 4 is 5.91 Å². The number of amides is 1. The third kappa shape index (κ3) is 4.21. The first kappa shape index (κ1) is 17.5. The van der Waals surface area contributed by atoms with Gasteiger partial charge >= 0.3 is 6.61 Å². The molecule has 134 valence electrons. The van der Waals surface area contributed by atoms with Crippen LogP contribution in [-0.4, -0.2) is 39.0 Å². The lowest BCUT2D eigenvalue weighted by Crippen LogP contribution is -2.26. The van der Waals surface area contributed by atoms with E-state index in [0.717, 1.165) is 5.56 Å². The topological polar surface area (TPSA) is 60.2 Å². The van der Waals surface area contributed by atoms with Crippen LogP contribution < -0.4 is 4.74 Å². The van der Waals surface area contributed by atoms with Crippen LogP contribution in [0.2, 0.25) is 0 Å².